The largest absolute Gasteiger partial charge is 0.463 e. The molecule has 2 aromatic carbocycles. The van der Waals surface area contributed by atoms with Crippen LogP contribution in [0.25, 0.3) is 0 Å². The molecule has 3 saturated heterocycles. The fourth-order valence-electron chi connectivity index (χ4n) is 7.72. The number of unbranched alkanes of at least 4 members (excludes halogenated alkanes) is 2. The molecule has 5 rings (SSSR count). The SMILES string of the molecule is C=CCCC(=O)OC[C@@H](NC(=O)[C@@H]1[C@@H]2CC[C@]3(O2)[C@H](C(=O)N(CC=C)c2c(C)cccc2Cl)N(CCCCCO)C(=O)[C@@H]13)c1ccccc1. The van der Waals surface area contributed by atoms with E-state index in [2.05, 4.69) is 18.5 Å². The summed E-state index contributed by atoms with van der Waals surface area (Å²) in [4.78, 5) is 59.1. The van der Waals surface area contributed by atoms with Gasteiger partial charge in [-0.3, -0.25) is 19.2 Å². The van der Waals surface area contributed by atoms with Crippen LogP contribution in [0.3, 0.4) is 0 Å². The van der Waals surface area contributed by atoms with Gasteiger partial charge in [0.25, 0.3) is 5.91 Å². The number of aliphatic hydroxyl groups excluding tert-OH is 1. The molecule has 10 nitrogen and oxygen atoms in total. The molecule has 3 amide bonds. The van der Waals surface area contributed by atoms with E-state index in [0.717, 1.165) is 11.1 Å². The highest BCUT2D eigenvalue weighted by molar-refractivity contribution is 6.34. The first-order valence-corrected chi connectivity index (χ1v) is 17.4. The molecule has 3 fully saturated rings. The lowest BCUT2D eigenvalue weighted by molar-refractivity contribution is -0.146. The zero-order valence-corrected chi connectivity index (χ0v) is 28.8. The lowest BCUT2D eigenvalue weighted by Crippen LogP contribution is -2.56. The van der Waals surface area contributed by atoms with Crippen LogP contribution in [0.15, 0.2) is 73.8 Å². The summed E-state index contributed by atoms with van der Waals surface area (Å²) < 4.78 is 12.2. The second kappa shape index (κ2) is 16.1. The summed E-state index contributed by atoms with van der Waals surface area (Å²) in [5.41, 5.74) is 0.863. The van der Waals surface area contributed by atoms with Gasteiger partial charge in [0.05, 0.1) is 34.7 Å². The predicted octanol–water partition coefficient (Wildman–Crippen LogP) is 5.07. The van der Waals surface area contributed by atoms with Crippen LogP contribution >= 0.6 is 11.6 Å². The summed E-state index contributed by atoms with van der Waals surface area (Å²) in [5, 5.41) is 12.8. The molecule has 0 radical (unpaired) electrons. The first-order chi connectivity index (χ1) is 23.7. The number of aryl methyl sites for hydroxylation is 1. The van der Waals surface area contributed by atoms with Crippen molar-refractivity contribution in [3.8, 4) is 0 Å². The van der Waals surface area contributed by atoms with Crippen molar-refractivity contribution < 1.29 is 33.8 Å². The Morgan fingerprint density at radius 3 is 2.61 bits per heavy atom. The number of ether oxygens (including phenoxy) is 2. The number of aliphatic hydroxyl groups is 1. The van der Waals surface area contributed by atoms with Crippen LogP contribution < -0.4 is 10.2 Å². The van der Waals surface area contributed by atoms with Gasteiger partial charge in [0, 0.05) is 26.1 Å². The molecule has 0 aliphatic carbocycles. The zero-order chi connectivity index (χ0) is 35.1. The maximum absolute atomic E-state index is 14.8. The number of nitrogens with zero attached hydrogens (tertiary/aromatic N) is 2. The standard InChI is InChI=1S/C38H46ClN3O7/c1-4-6-18-30(44)48-24-28(26-15-9-7-10-16-26)40-35(45)31-29-19-20-38(49-29)32(31)36(46)42(22-11-8-12-23-43)34(38)37(47)41(21-5-2)33-25(3)14-13-17-27(33)39/h4-5,7,9-10,13-17,28-29,31-32,34,43H,1-2,6,8,11-12,18-24H2,3H3,(H,40,45)/t28-,29+,31-,32-,34+,38-/m1/s1. The first kappa shape index (κ1) is 36.3. The molecule has 11 heteroatoms. The van der Waals surface area contributed by atoms with E-state index in [1.807, 2.05) is 49.4 Å². The number of carbonyl (C=O) groups is 4. The molecule has 1 spiro atoms. The highest BCUT2D eigenvalue weighted by Gasteiger charge is 2.74. The van der Waals surface area contributed by atoms with Crippen LogP contribution in [0.5, 0.6) is 0 Å². The van der Waals surface area contributed by atoms with Crippen LogP contribution in [0, 0.1) is 18.8 Å². The monoisotopic (exact) mass is 691 g/mol. The quantitative estimate of drug-likeness (QED) is 0.135. The van der Waals surface area contributed by atoms with Gasteiger partial charge in [-0.15, -0.1) is 13.2 Å². The molecule has 2 bridgehead atoms. The summed E-state index contributed by atoms with van der Waals surface area (Å²) in [6.07, 6.45) is 6.09. The van der Waals surface area contributed by atoms with Crippen molar-refractivity contribution in [2.24, 2.45) is 11.8 Å². The number of halogens is 1. The highest BCUT2D eigenvalue weighted by Crippen LogP contribution is 2.59. The number of rotatable bonds is 17. The third kappa shape index (κ3) is 7.32. The van der Waals surface area contributed by atoms with Gasteiger partial charge in [-0.25, -0.2) is 0 Å². The number of hydrogen-bond donors (Lipinski definition) is 2. The minimum Gasteiger partial charge on any atom is -0.463 e. The Labute approximate surface area is 293 Å². The van der Waals surface area contributed by atoms with Crippen molar-refractivity contribution in [1.29, 1.82) is 0 Å². The second-order valence-electron chi connectivity index (χ2n) is 13.0. The molecule has 2 N–H and O–H groups in total. The molecule has 3 aliphatic rings. The van der Waals surface area contributed by atoms with Crippen molar-refractivity contribution in [3.05, 3.63) is 90.0 Å². The Morgan fingerprint density at radius 1 is 1.14 bits per heavy atom. The van der Waals surface area contributed by atoms with Gasteiger partial charge in [0.15, 0.2) is 0 Å². The molecular formula is C38H46ClN3O7. The molecule has 6 atom stereocenters. The summed E-state index contributed by atoms with van der Waals surface area (Å²) in [6, 6.07) is 13.0. The number of benzene rings is 2. The summed E-state index contributed by atoms with van der Waals surface area (Å²) in [6.45, 7) is 9.77. The fraction of sp³-hybridized carbons (Fsp3) is 0.474. The molecule has 3 heterocycles. The number of carbonyl (C=O) groups excluding carboxylic acids is 4. The van der Waals surface area contributed by atoms with Gasteiger partial charge in [0.2, 0.25) is 11.8 Å². The minimum atomic E-state index is -1.22. The maximum Gasteiger partial charge on any atom is 0.306 e. The van der Waals surface area contributed by atoms with Gasteiger partial charge >= 0.3 is 5.97 Å². The van der Waals surface area contributed by atoms with E-state index < -0.39 is 41.6 Å². The predicted molar refractivity (Wildman–Crippen MR) is 187 cm³/mol. The Balaban J connectivity index is 1.47. The lowest BCUT2D eigenvalue weighted by atomic mass is 9.70. The van der Waals surface area contributed by atoms with E-state index in [0.29, 0.717) is 49.2 Å². The van der Waals surface area contributed by atoms with Crippen LogP contribution in [-0.4, -0.2) is 77.7 Å². The van der Waals surface area contributed by atoms with Crippen LogP contribution in [0.4, 0.5) is 5.69 Å². The topological polar surface area (TPSA) is 125 Å². The van der Waals surface area contributed by atoms with Gasteiger partial charge in [-0.2, -0.15) is 0 Å². The van der Waals surface area contributed by atoms with Gasteiger partial charge < -0.3 is 29.7 Å². The molecule has 0 unspecified atom stereocenters. The van der Waals surface area contributed by atoms with Crippen molar-refractivity contribution in [2.45, 2.75) is 75.7 Å². The van der Waals surface area contributed by atoms with Gasteiger partial charge in [-0.1, -0.05) is 66.2 Å². The third-order valence-corrected chi connectivity index (χ3v) is 10.2. The molecular weight excluding hydrogens is 646 g/mol. The molecule has 3 aliphatic heterocycles. The number of esters is 1. The van der Waals surface area contributed by atoms with Crippen LogP contribution in [0.1, 0.15) is 62.1 Å². The fourth-order valence-corrected chi connectivity index (χ4v) is 8.04. The average Bonchev–Trinajstić information content (AvgIpc) is 3.74. The molecule has 2 aromatic rings. The summed E-state index contributed by atoms with van der Waals surface area (Å²) in [7, 11) is 0. The minimum absolute atomic E-state index is 0.0287. The number of amides is 3. The second-order valence-corrected chi connectivity index (χ2v) is 13.4. The van der Waals surface area contributed by atoms with Crippen molar-refractivity contribution in [3.63, 3.8) is 0 Å². The average molecular weight is 692 g/mol. The Hall–Kier alpha value is -3.99. The molecule has 262 valence electrons. The number of para-hydroxylation sites is 1. The van der Waals surface area contributed by atoms with E-state index in [4.69, 9.17) is 21.1 Å². The van der Waals surface area contributed by atoms with E-state index in [1.54, 1.807) is 28.0 Å². The third-order valence-electron chi connectivity index (χ3n) is 9.91. The number of anilines is 1. The van der Waals surface area contributed by atoms with Crippen LogP contribution in [-0.2, 0) is 28.7 Å². The summed E-state index contributed by atoms with van der Waals surface area (Å²) in [5.74, 6) is -3.17. The van der Waals surface area contributed by atoms with Gasteiger partial charge in [-0.05, 0) is 62.6 Å². The Morgan fingerprint density at radius 2 is 1.92 bits per heavy atom. The normalized spacial score (nSPS) is 24.3. The van der Waals surface area contributed by atoms with Crippen LogP contribution in [0.2, 0.25) is 5.02 Å². The van der Waals surface area contributed by atoms with E-state index >= 15 is 0 Å². The zero-order valence-electron chi connectivity index (χ0n) is 28.0. The van der Waals surface area contributed by atoms with Crippen molar-refractivity contribution >= 4 is 41.0 Å². The van der Waals surface area contributed by atoms with Crippen molar-refractivity contribution in [1.82, 2.24) is 10.2 Å². The number of fused-ring (bicyclic) bond motifs is 1. The Bertz CT molecular complexity index is 1530. The number of hydrogen-bond acceptors (Lipinski definition) is 7. The van der Waals surface area contributed by atoms with E-state index in [-0.39, 0.29) is 50.4 Å². The van der Waals surface area contributed by atoms with E-state index in [9.17, 15) is 24.3 Å². The summed E-state index contributed by atoms with van der Waals surface area (Å²) >= 11 is 6.66. The van der Waals surface area contributed by atoms with Crippen molar-refractivity contribution in [2.75, 3.05) is 31.2 Å². The lowest BCUT2D eigenvalue weighted by Gasteiger charge is -2.37. The van der Waals surface area contributed by atoms with E-state index in [1.165, 1.54) is 0 Å². The Kier molecular flexibility index (Phi) is 12.0. The smallest absolute Gasteiger partial charge is 0.306 e. The van der Waals surface area contributed by atoms with Gasteiger partial charge in [0.1, 0.15) is 18.2 Å². The number of allylic oxidation sites excluding steroid dienone is 1. The first-order valence-electron chi connectivity index (χ1n) is 17.1. The maximum atomic E-state index is 14.8. The highest BCUT2D eigenvalue weighted by atomic mass is 35.5. The molecule has 0 aromatic heterocycles. The molecule has 0 saturated carbocycles. The number of likely N-dealkylation sites (tertiary alicyclic amines) is 1. The number of nitrogens with one attached hydrogen (secondary N) is 1. The molecule has 49 heavy (non-hydrogen) atoms.